The molecule has 178 valence electrons. The van der Waals surface area contributed by atoms with Gasteiger partial charge < -0.3 is 4.90 Å². The lowest BCUT2D eigenvalue weighted by Crippen LogP contribution is -2.59. The molecular formula is C22H21F5N2O3S. The molecule has 2 aliphatic rings. The standard InChI is InChI=1S/C22H21F5N2O3S/c1-33(31,32)28-18-12-29(10-9-22(18,26)27)20(30)15-11-21(15,25)14-6-3-2-5-13(14)19-16(23)7-4-8-17(19)24/h2-8,15,18,28H,9-12H2,1H3/t15-,18+,21+/m0/s1. The third-order valence-corrected chi connectivity index (χ3v) is 6.81. The van der Waals surface area contributed by atoms with Gasteiger partial charge in [0.1, 0.15) is 23.3 Å². The molecule has 0 unspecified atom stereocenters. The second-order valence-electron chi connectivity index (χ2n) is 8.50. The second-order valence-corrected chi connectivity index (χ2v) is 10.3. The third kappa shape index (κ3) is 4.48. The lowest BCUT2D eigenvalue weighted by molar-refractivity contribution is -0.142. The van der Waals surface area contributed by atoms with Crippen molar-refractivity contribution < 1.29 is 35.2 Å². The lowest BCUT2D eigenvalue weighted by Gasteiger charge is -2.38. The molecule has 2 aromatic rings. The van der Waals surface area contributed by atoms with Gasteiger partial charge in [-0.05, 0) is 23.3 Å². The Balaban J connectivity index is 1.60. The molecule has 1 N–H and O–H groups in total. The highest BCUT2D eigenvalue weighted by Crippen LogP contribution is 2.58. The van der Waals surface area contributed by atoms with Crippen LogP contribution in [0.1, 0.15) is 18.4 Å². The van der Waals surface area contributed by atoms with E-state index in [0.29, 0.717) is 0 Å². The molecule has 2 fully saturated rings. The van der Waals surface area contributed by atoms with Crippen LogP contribution in [0.4, 0.5) is 22.0 Å². The SMILES string of the molecule is CS(=O)(=O)N[C@@H]1CN(C(=O)[C@@H]2C[C@@]2(F)c2ccccc2-c2c(F)cccc2F)CCC1(F)F. The maximum absolute atomic E-state index is 15.9. The van der Waals surface area contributed by atoms with Gasteiger partial charge in [-0.25, -0.2) is 35.1 Å². The van der Waals surface area contributed by atoms with Crippen LogP contribution in [0.2, 0.25) is 0 Å². The predicted octanol–water partition coefficient (Wildman–Crippen LogP) is 3.60. The van der Waals surface area contributed by atoms with Crippen LogP contribution in [0.5, 0.6) is 0 Å². The van der Waals surface area contributed by atoms with Crippen molar-refractivity contribution in [2.24, 2.45) is 5.92 Å². The first-order chi connectivity index (χ1) is 15.3. The van der Waals surface area contributed by atoms with Crippen LogP contribution >= 0.6 is 0 Å². The summed E-state index contributed by atoms with van der Waals surface area (Å²) in [4.78, 5) is 14.0. The Labute approximate surface area is 187 Å². The molecule has 0 spiro atoms. The first kappa shape index (κ1) is 23.6. The Bertz CT molecular complexity index is 1190. The molecule has 1 aliphatic carbocycles. The molecule has 0 bridgehead atoms. The number of likely N-dealkylation sites (tertiary alicyclic amines) is 1. The van der Waals surface area contributed by atoms with Crippen molar-refractivity contribution in [1.29, 1.82) is 0 Å². The van der Waals surface area contributed by atoms with Crippen molar-refractivity contribution in [2.75, 3.05) is 19.3 Å². The number of hydrogen-bond acceptors (Lipinski definition) is 3. The van der Waals surface area contributed by atoms with Gasteiger partial charge in [0.15, 0.2) is 0 Å². The minimum Gasteiger partial charge on any atom is -0.340 e. The molecule has 11 heteroatoms. The van der Waals surface area contributed by atoms with Crippen LogP contribution in [-0.4, -0.2) is 50.5 Å². The van der Waals surface area contributed by atoms with E-state index in [1.807, 2.05) is 4.72 Å². The molecule has 5 nitrogen and oxygen atoms in total. The molecule has 1 amide bonds. The fourth-order valence-corrected chi connectivity index (χ4v) is 5.11. The normalized spacial score (nSPS) is 26.8. The van der Waals surface area contributed by atoms with Gasteiger partial charge in [0, 0.05) is 25.9 Å². The van der Waals surface area contributed by atoms with Crippen molar-refractivity contribution in [2.45, 2.75) is 30.5 Å². The summed E-state index contributed by atoms with van der Waals surface area (Å²) in [6, 6.07) is 7.08. The summed E-state index contributed by atoms with van der Waals surface area (Å²) in [5.41, 5.74) is -2.76. The number of hydrogen-bond donors (Lipinski definition) is 1. The number of rotatable bonds is 5. The molecule has 3 atom stereocenters. The van der Waals surface area contributed by atoms with Gasteiger partial charge in [-0.1, -0.05) is 30.3 Å². The molecule has 1 saturated heterocycles. The van der Waals surface area contributed by atoms with Gasteiger partial charge >= 0.3 is 0 Å². The van der Waals surface area contributed by atoms with Crippen LogP contribution in [-0.2, 0) is 20.5 Å². The first-order valence-corrected chi connectivity index (χ1v) is 12.1. The summed E-state index contributed by atoms with van der Waals surface area (Å²) < 4.78 is 97.7. The molecule has 1 saturated carbocycles. The molecule has 0 aromatic heterocycles. The quantitative estimate of drug-likeness (QED) is 0.655. The van der Waals surface area contributed by atoms with Crippen molar-refractivity contribution in [3.63, 3.8) is 0 Å². The van der Waals surface area contributed by atoms with E-state index in [1.54, 1.807) is 0 Å². The first-order valence-electron chi connectivity index (χ1n) is 10.2. The van der Waals surface area contributed by atoms with E-state index in [2.05, 4.69) is 0 Å². The summed E-state index contributed by atoms with van der Waals surface area (Å²) in [5.74, 6) is -7.13. The van der Waals surface area contributed by atoms with Gasteiger partial charge in [-0.3, -0.25) is 4.79 Å². The van der Waals surface area contributed by atoms with Crippen LogP contribution in [0, 0.1) is 17.6 Å². The fourth-order valence-electron chi connectivity index (χ4n) is 4.34. The number of nitrogens with one attached hydrogen (secondary N) is 1. The number of alkyl halides is 3. The zero-order chi connectivity index (χ0) is 24.2. The van der Waals surface area contributed by atoms with Gasteiger partial charge in [0.2, 0.25) is 15.9 Å². The lowest BCUT2D eigenvalue weighted by atomic mass is 9.93. The summed E-state index contributed by atoms with van der Waals surface area (Å²) in [6.07, 6.45) is -0.332. The maximum Gasteiger partial charge on any atom is 0.267 e. The van der Waals surface area contributed by atoms with E-state index in [4.69, 9.17) is 0 Å². The Morgan fingerprint density at radius 1 is 1.06 bits per heavy atom. The molecular weight excluding hydrogens is 467 g/mol. The number of piperidine rings is 1. The average Bonchev–Trinajstić information content (AvgIpc) is 3.41. The maximum atomic E-state index is 15.9. The minimum absolute atomic E-state index is 0.0345. The number of carbonyl (C=O) groups excluding carboxylic acids is 1. The fraction of sp³-hybridized carbons (Fsp3) is 0.409. The second kappa shape index (κ2) is 8.05. The van der Waals surface area contributed by atoms with Crippen molar-refractivity contribution in [3.05, 3.63) is 59.7 Å². The average molecular weight is 488 g/mol. The highest BCUT2D eigenvalue weighted by molar-refractivity contribution is 7.88. The highest BCUT2D eigenvalue weighted by atomic mass is 32.2. The van der Waals surface area contributed by atoms with E-state index in [1.165, 1.54) is 30.3 Å². The minimum atomic E-state index is -3.97. The number of amides is 1. The molecule has 1 aliphatic heterocycles. The monoisotopic (exact) mass is 488 g/mol. The van der Waals surface area contributed by atoms with E-state index in [0.717, 1.165) is 23.3 Å². The number of sulfonamides is 1. The predicted molar refractivity (Wildman–Crippen MR) is 111 cm³/mol. The van der Waals surface area contributed by atoms with E-state index in [-0.39, 0.29) is 24.1 Å². The number of carbonyl (C=O) groups is 1. The van der Waals surface area contributed by atoms with Crippen molar-refractivity contribution >= 4 is 15.9 Å². The summed E-state index contributed by atoms with van der Waals surface area (Å²) in [6.45, 7) is -0.987. The van der Waals surface area contributed by atoms with Crippen LogP contribution < -0.4 is 4.72 Å². The Hall–Kier alpha value is -2.53. The smallest absolute Gasteiger partial charge is 0.267 e. The van der Waals surface area contributed by atoms with Gasteiger partial charge in [-0.2, -0.15) is 0 Å². The molecule has 4 rings (SSSR count). The van der Waals surface area contributed by atoms with E-state index < -0.39 is 69.6 Å². The zero-order valence-electron chi connectivity index (χ0n) is 17.5. The highest BCUT2D eigenvalue weighted by Gasteiger charge is 2.63. The molecule has 1 heterocycles. The van der Waals surface area contributed by atoms with Crippen molar-refractivity contribution in [3.8, 4) is 11.1 Å². The summed E-state index contributed by atoms with van der Waals surface area (Å²) >= 11 is 0. The number of halogens is 5. The zero-order valence-corrected chi connectivity index (χ0v) is 18.3. The molecule has 0 radical (unpaired) electrons. The van der Waals surface area contributed by atoms with Crippen molar-refractivity contribution in [1.82, 2.24) is 9.62 Å². The van der Waals surface area contributed by atoms with Crippen LogP contribution in [0.15, 0.2) is 42.5 Å². The third-order valence-electron chi connectivity index (χ3n) is 6.09. The largest absolute Gasteiger partial charge is 0.340 e. The van der Waals surface area contributed by atoms with Crippen LogP contribution in [0.25, 0.3) is 11.1 Å². The van der Waals surface area contributed by atoms with E-state index in [9.17, 15) is 30.8 Å². The Morgan fingerprint density at radius 2 is 1.70 bits per heavy atom. The molecule has 33 heavy (non-hydrogen) atoms. The molecule has 2 aromatic carbocycles. The summed E-state index contributed by atoms with van der Waals surface area (Å²) in [5, 5.41) is 0. The van der Waals surface area contributed by atoms with Gasteiger partial charge in [-0.15, -0.1) is 0 Å². The topological polar surface area (TPSA) is 66.5 Å². The van der Waals surface area contributed by atoms with Gasteiger partial charge in [0.05, 0.1) is 17.7 Å². The summed E-state index contributed by atoms with van der Waals surface area (Å²) in [7, 11) is -3.97. The van der Waals surface area contributed by atoms with Crippen LogP contribution in [0.3, 0.4) is 0 Å². The number of nitrogens with zero attached hydrogens (tertiary/aromatic N) is 1. The van der Waals surface area contributed by atoms with E-state index >= 15 is 4.39 Å². The van der Waals surface area contributed by atoms with Gasteiger partial charge in [0.25, 0.3) is 5.92 Å². The number of benzene rings is 2. The Kier molecular flexibility index (Phi) is 5.76. The Morgan fingerprint density at radius 3 is 2.33 bits per heavy atom.